The highest BCUT2D eigenvalue weighted by Crippen LogP contribution is 2.31. The summed E-state index contributed by atoms with van der Waals surface area (Å²) in [6, 6.07) is 17.9. The van der Waals surface area contributed by atoms with Gasteiger partial charge < -0.3 is 10.1 Å². The van der Waals surface area contributed by atoms with E-state index in [-0.39, 0.29) is 10.7 Å². The number of hydrogen-bond donors (Lipinski definition) is 1. The third-order valence-corrected chi connectivity index (χ3v) is 6.15. The molecule has 0 saturated carbocycles. The van der Waals surface area contributed by atoms with E-state index in [2.05, 4.69) is 21.2 Å². The molecular weight excluding hydrogens is 531 g/mol. The molecule has 0 atom stereocenters. The highest BCUT2D eigenvalue weighted by Gasteiger charge is 2.38. The van der Waals surface area contributed by atoms with E-state index in [9.17, 15) is 14.4 Å². The van der Waals surface area contributed by atoms with Gasteiger partial charge in [0.2, 0.25) is 0 Å². The first-order valence-electron chi connectivity index (χ1n) is 9.64. The number of carbonyl (C=O) groups excluding carboxylic acids is 3. The number of esters is 1. The van der Waals surface area contributed by atoms with Crippen LogP contribution in [0.3, 0.4) is 0 Å². The Morgan fingerprint density at radius 1 is 0.939 bits per heavy atom. The largest absolute Gasteiger partial charge is 0.423 e. The Balaban J connectivity index is 1.47. The average Bonchev–Trinajstić information content (AvgIpc) is 3.00. The average molecular weight is 546 g/mol. The third-order valence-electron chi connectivity index (χ3n) is 4.84. The summed E-state index contributed by atoms with van der Waals surface area (Å²) in [6.45, 7) is 1.81. The van der Waals surface area contributed by atoms with Crippen LogP contribution in [0.25, 0.3) is 0 Å². The van der Waals surface area contributed by atoms with Gasteiger partial charge in [-0.05, 0) is 79.2 Å². The van der Waals surface area contributed by atoms with Crippen molar-refractivity contribution in [1.29, 1.82) is 0 Å². The van der Waals surface area contributed by atoms with E-state index in [0.29, 0.717) is 27.7 Å². The van der Waals surface area contributed by atoms with Crippen LogP contribution in [0.5, 0.6) is 5.75 Å². The van der Waals surface area contributed by atoms with Crippen molar-refractivity contribution in [2.45, 2.75) is 6.92 Å². The van der Waals surface area contributed by atoms with Crippen molar-refractivity contribution in [1.82, 2.24) is 0 Å². The Bertz CT molecular complexity index is 1310. The molecule has 0 fully saturated rings. The molecule has 0 radical (unpaired) electrons. The van der Waals surface area contributed by atoms with Gasteiger partial charge in [0, 0.05) is 15.2 Å². The van der Waals surface area contributed by atoms with Crippen LogP contribution in [0.15, 0.2) is 81.9 Å². The summed E-state index contributed by atoms with van der Waals surface area (Å²) < 4.78 is 6.18. The van der Waals surface area contributed by atoms with Gasteiger partial charge in [-0.15, -0.1) is 0 Å². The molecule has 1 N–H and O–H groups in total. The molecule has 9 heteroatoms. The summed E-state index contributed by atoms with van der Waals surface area (Å²) in [7, 11) is 0. The molecule has 1 aliphatic heterocycles. The number of aryl methyl sites for hydroxylation is 1. The second-order valence-electron chi connectivity index (χ2n) is 7.11. The van der Waals surface area contributed by atoms with Crippen molar-refractivity contribution in [3.8, 4) is 5.75 Å². The summed E-state index contributed by atoms with van der Waals surface area (Å²) in [4.78, 5) is 38.8. The van der Waals surface area contributed by atoms with Crippen LogP contribution < -0.4 is 15.0 Å². The van der Waals surface area contributed by atoms with E-state index < -0.39 is 17.8 Å². The molecule has 3 aromatic rings. The zero-order chi connectivity index (χ0) is 23.7. The maximum atomic E-state index is 12.9. The summed E-state index contributed by atoms with van der Waals surface area (Å²) in [5.41, 5.74) is 1.93. The van der Waals surface area contributed by atoms with Gasteiger partial charge in [0.15, 0.2) is 0 Å². The quantitative estimate of drug-likeness (QED) is 0.239. The van der Waals surface area contributed by atoms with Crippen LogP contribution in [0.2, 0.25) is 5.02 Å². The fourth-order valence-corrected chi connectivity index (χ4v) is 3.71. The van der Waals surface area contributed by atoms with E-state index in [0.717, 1.165) is 14.9 Å². The number of benzene rings is 3. The lowest BCUT2D eigenvalue weighted by atomic mass is 10.2. The smallest absolute Gasteiger partial charge is 0.343 e. The molecule has 0 unspecified atom stereocenters. The number of nitrogens with zero attached hydrogens (tertiary/aromatic N) is 1. The van der Waals surface area contributed by atoms with Crippen molar-refractivity contribution < 1.29 is 19.1 Å². The minimum absolute atomic E-state index is 0.0449. The monoisotopic (exact) mass is 544 g/mol. The number of halogens is 3. The number of amides is 2. The first kappa shape index (κ1) is 23.0. The van der Waals surface area contributed by atoms with Gasteiger partial charge >= 0.3 is 5.97 Å². The lowest BCUT2D eigenvalue weighted by molar-refractivity contribution is -0.120. The van der Waals surface area contributed by atoms with Crippen molar-refractivity contribution in [2.24, 2.45) is 0 Å². The molecule has 0 spiro atoms. The fraction of sp³-hybridized carbons (Fsp3) is 0.0417. The Hall–Kier alpha value is -3.13. The van der Waals surface area contributed by atoms with Gasteiger partial charge in [0.25, 0.3) is 11.8 Å². The van der Waals surface area contributed by atoms with Crippen LogP contribution in [0, 0.1) is 6.92 Å². The molecule has 33 heavy (non-hydrogen) atoms. The lowest BCUT2D eigenvalue weighted by Crippen LogP contribution is -2.32. The molecular formula is C24H15BrCl2N2O4. The van der Waals surface area contributed by atoms with Crippen LogP contribution in [-0.4, -0.2) is 17.8 Å². The van der Waals surface area contributed by atoms with E-state index in [1.54, 1.807) is 54.6 Å². The normalized spacial score (nSPS) is 13.5. The summed E-state index contributed by atoms with van der Waals surface area (Å²) in [5.74, 6) is -1.36. The van der Waals surface area contributed by atoms with E-state index in [1.165, 1.54) is 12.1 Å². The molecule has 0 aliphatic carbocycles. The van der Waals surface area contributed by atoms with Crippen molar-refractivity contribution >= 4 is 68.3 Å². The number of nitrogens with one attached hydrogen (secondary N) is 1. The highest BCUT2D eigenvalue weighted by molar-refractivity contribution is 9.10. The molecule has 1 aliphatic rings. The minimum Gasteiger partial charge on any atom is -0.423 e. The number of imide groups is 1. The van der Waals surface area contributed by atoms with Crippen molar-refractivity contribution in [3.05, 3.63) is 98.1 Å². The maximum Gasteiger partial charge on any atom is 0.343 e. The van der Waals surface area contributed by atoms with Gasteiger partial charge in [0.05, 0.1) is 11.3 Å². The minimum atomic E-state index is -0.620. The molecule has 4 rings (SSSR count). The van der Waals surface area contributed by atoms with Gasteiger partial charge in [0.1, 0.15) is 16.5 Å². The number of rotatable bonds is 5. The molecule has 2 amide bonds. The molecule has 0 saturated heterocycles. The molecule has 0 aromatic heterocycles. The van der Waals surface area contributed by atoms with Crippen LogP contribution in [0.1, 0.15) is 15.9 Å². The van der Waals surface area contributed by atoms with E-state index in [4.69, 9.17) is 27.9 Å². The van der Waals surface area contributed by atoms with Gasteiger partial charge in [-0.2, -0.15) is 0 Å². The zero-order valence-corrected chi connectivity index (χ0v) is 20.2. The molecule has 6 nitrogen and oxygen atoms in total. The Morgan fingerprint density at radius 3 is 2.24 bits per heavy atom. The fourth-order valence-electron chi connectivity index (χ4n) is 3.12. The molecule has 3 aromatic carbocycles. The van der Waals surface area contributed by atoms with Gasteiger partial charge in [-0.25, -0.2) is 9.69 Å². The summed E-state index contributed by atoms with van der Waals surface area (Å²) in [5, 5.41) is 3.23. The Labute approximate surface area is 207 Å². The number of carbonyl (C=O) groups is 3. The Morgan fingerprint density at radius 2 is 1.61 bits per heavy atom. The Kier molecular flexibility index (Phi) is 6.56. The molecule has 1 heterocycles. The summed E-state index contributed by atoms with van der Waals surface area (Å²) in [6.07, 6.45) is 0. The first-order chi connectivity index (χ1) is 15.7. The second-order valence-corrected chi connectivity index (χ2v) is 8.81. The number of anilines is 2. The maximum absolute atomic E-state index is 12.9. The second kappa shape index (κ2) is 9.39. The van der Waals surface area contributed by atoms with Crippen LogP contribution in [0.4, 0.5) is 11.4 Å². The standard InChI is InChI=1S/C24H15BrCl2N2O4/c1-13-12-18(10-11-19(13)26)33-24(32)14-2-6-16(7-3-14)28-21-20(27)22(30)29(23(21)31)17-8-4-15(25)5-9-17/h2-12,28H,1H3. The van der Waals surface area contributed by atoms with Gasteiger partial charge in [-0.3, -0.25) is 9.59 Å². The zero-order valence-electron chi connectivity index (χ0n) is 17.1. The highest BCUT2D eigenvalue weighted by atomic mass is 79.9. The lowest BCUT2D eigenvalue weighted by Gasteiger charge is -2.15. The third kappa shape index (κ3) is 4.80. The van der Waals surface area contributed by atoms with Crippen molar-refractivity contribution in [2.75, 3.05) is 10.2 Å². The summed E-state index contributed by atoms with van der Waals surface area (Å²) >= 11 is 15.5. The number of hydrogen-bond acceptors (Lipinski definition) is 5. The van der Waals surface area contributed by atoms with Crippen LogP contribution >= 0.6 is 39.1 Å². The van der Waals surface area contributed by atoms with E-state index >= 15 is 0 Å². The SMILES string of the molecule is Cc1cc(OC(=O)c2ccc(NC3=C(Cl)C(=O)N(c4ccc(Br)cc4)C3=O)cc2)ccc1Cl. The number of ether oxygens (including phenoxy) is 1. The topological polar surface area (TPSA) is 75.7 Å². The van der Waals surface area contributed by atoms with E-state index in [1.807, 2.05) is 6.92 Å². The van der Waals surface area contributed by atoms with Gasteiger partial charge in [-0.1, -0.05) is 39.1 Å². The predicted molar refractivity (Wildman–Crippen MR) is 131 cm³/mol. The van der Waals surface area contributed by atoms with Crippen LogP contribution in [-0.2, 0) is 9.59 Å². The predicted octanol–water partition coefficient (Wildman–Crippen LogP) is 6.07. The molecule has 0 bridgehead atoms. The molecule has 166 valence electrons. The van der Waals surface area contributed by atoms with Crippen molar-refractivity contribution in [3.63, 3.8) is 0 Å². The first-order valence-corrected chi connectivity index (χ1v) is 11.2.